The van der Waals surface area contributed by atoms with Gasteiger partial charge in [-0.2, -0.15) is 5.26 Å². The van der Waals surface area contributed by atoms with E-state index in [1.165, 1.54) is 30.3 Å². The molecule has 0 aliphatic carbocycles. The van der Waals surface area contributed by atoms with Gasteiger partial charge in [0.25, 0.3) is 0 Å². The van der Waals surface area contributed by atoms with Crippen molar-refractivity contribution in [2.24, 2.45) is 16.6 Å². The fraction of sp³-hybridized carbons (Fsp3) is 0.500. The highest BCUT2D eigenvalue weighted by Crippen LogP contribution is 2.48. The first-order valence-corrected chi connectivity index (χ1v) is 10.9. The van der Waals surface area contributed by atoms with Crippen molar-refractivity contribution in [1.29, 1.82) is 5.26 Å². The van der Waals surface area contributed by atoms with E-state index in [9.17, 15) is 4.39 Å². The van der Waals surface area contributed by atoms with Crippen LogP contribution in [-0.4, -0.2) is 28.8 Å². The summed E-state index contributed by atoms with van der Waals surface area (Å²) < 4.78 is 24.5. The van der Waals surface area contributed by atoms with Crippen molar-refractivity contribution in [3.05, 3.63) is 53.2 Å². The van der Waals surface area contributed by atoms with Crippen LogP contribution in [0.15, 0.2) is 40.0 Å². The van der Waals surface area contributed by atoms with Crippen LogP contribution in [0.1, 0.15) is 50.4 Å². The molecule has 0 saturated carbocycles. The second-order valence-corrected chi connectivity index (χ2v) is 8.70. The molecule has 2 unspecified atom stereocenters. The number of aryl methyl sites for hydroxylation is 1. The van der Waals surface area contributed by atoms with Crippen molar-refractivity contribution in [2.75, 3.05) is 13.2 Å². The van der Waals surface area contributed by atoms with Crippen molar-refractivity contribution >= 4 is 16.9 Å². The number of hydrogen-bond acceptors (Lipinski definition) is 7. The van der Waals surface area contributed by atoms with E-state index in [4.69, 9.17) is 15.7 Å². The zero-order valence-corrected chi connectivity index (χ0v) is 18.7. The summed E-state index contributed by atoms with van der Waals surface area (Å²) in [5.74, 6) is -0.216. The van der Waals surface area contributed by atoms with E-state index in [0.717, 1.165) is 12.1 Å². The maximum Gasteiger partial charge on any atom is 0.155 e. The molecule has 8 heteroatoms. The number of hydrogen-bond donors (Lipinski definition) is 1. The zero-order valence-electron chi connectivity index (χ0n) is 17.9. The number of thioether (sulfide) groups is 1. The van der Waals surface area contributed by atoms with Crippen molar-refractivity contribution in [3.8, 4) is 6.07 Å². The zero-order chi connectivity index (χ0) is 22.1. The normalized spacial score (nSPS) is 24.7. The number of fused-ring (bicyclic) bond motifs is 1. The molecule has 6 nitrogen and oxygen atoms in total. The Morgan fingerprint density at radius 3 is 2.67 bits per heavy atom. The Kier molecular flexibility index (Phi) is 8.88. The van der Waals surface area contributed by atoms with Gasteiger partial charge in [-0.25, -0.2) is 9.38 Å². The molecule has 30 heavy (non-hydrogen) atoms. The van der Waals surface area contributed by atoms with E-state index in [0.29, 0.717) is 29.5 Å². The van der Waals surface area contributed by atoms with Crippen molar-refractivity contribution in [1.82, 2.24) is 5.16 Å². The number of benzene rings is 1. The van der Waals surface area contributed by atoms with Crippen molar-refractivity contribution < 1.29 is 13.7 Å². The minimum absolute atomic E-state index is 0.145. The maximum absolute atomic E-state index is 14.4. The van der Waals surface area contributed by atoms with E-state index in [1.807, 2.05) is 6.92 Å². The van der Waals surface area contributed by atoms with Crippen molar-refractivity contribution in [2.45, 2.75) is 51.3 Å². The number of nitrogens with zero attached hydrogens (tertiary/aromatic N) is 3. The molecule has 0 bridgehead atoms. The topological polar surface area (TPSA) is 97.4 Å². The lowest BCUT2D eigenvalue weighted by atomic mass is 9.73. The number of nitriles is 1. The average Bonchev–Trinajstić information content (AvgIpc) is 3.20. The highest BCUT2D eigenvalue weighted by molar-refractivity contribution is 8.14. The minimum atomic E-state index is -0.816. The van der Waals surface area contributed by atoms with Crippen LogP contribution < -0.4 is 5.73 Å². The van der Waals surface area contributed by atoms with Gasteiger partial charge in [-0.05, 0) is 31.5 Å². The third-order valence-electron chi connectivity index (χ3n) is 4.82. The lowest BCUT2D eigenvalue weighted by Gasteiger charge is -2.46. The molecule has 3 atom stereocenters. The molecule has 1 saturated heterocycles. The fourth-order valence-electron chi connectivity index (χ4n) is 3.55. The molecule has 2 aliphatic heterocycles. The third kappa shape index (κ3) is 5.61. The van der Waals surface area contributed by atoms with Crippen LogP contribution in [0.5, 0.6) is 0 Å². The monoisotopic (exact) mass is 432 g/mol. The van der Waals surface area contributed by atoms with Crippen LogP contribution in [0.25, 0.3) is 0 Å². The van der Waals surface area contributed by atoms with E-state index < -0.39 is 5.54 Å². The molecule has 0 amide bonds. The summed E-state index contributed by atoms with van der Waals surface area (Å²) in [4.78, 5) is 4.58. The predicted octanol–water partition coefficient (Wildman–Crippen LogP) is 4.78. The number of ether oxygens (including phenoxy) is 1. The summed E-state index contributed by atoms with van der Waals surface area (Å²) in [5.41, 5.74) is 6.89. The molecule has 2 aromatic rings. The van der Waals surface area contributed by atoms with Gasteiger partial charge in [-0.3, -0.25) is 0 Å². The first kappa shape index (κ1) is 23.9. The van der Waals surface area contributed by atoms with Gasteiger partial charge in [-0.1, -0.05) is 44.1 Å². The highest BCUT2D eigenvalue weighted by atomic mass is 32.2. The van der Waals surface area contributed by atoms with Crippen LogP contribution in [-0.2, 0) is 10.3 Å². The summed E-state index contributed by atoms with van der Waals surface area (Å²) in [6, 6.07) is 8.24. The lowest BCUT2D eigenvalue weighted by molar-refractivity contribution is -0.00421. The maximum atomic E-state index is 14.4. The first-order valence-electron chi connectivity index (χ1n) is 10.0. The summed E-state index contributed by atoms with van der Waals surface area (Å²) >= 11 is 1.52. The second kappa shape index (κ2) is 11.1. The van der Waals surface area contributed by atoms with E-state index in [1.54, 1.807) is 18.4 Å². The molecular weight excluding hydrogens is 403 g/mol. The molecular formula is C22H29FN4O2S. The Hall–Kier alpha value is -2.37. The SMILES string of the molecule is CCC.C[C@H]1SC(N)=NC2(c3cc(C#N)ccc3F)COCCC12.Cc1ccon1. The molecule has 1 aromatic carbocycles. The van der Waals surface area contributed by atoms with E-state index in [-0.39, 0.29) is 17.0 Å². The van der Waals surface area contributed by atoms with E-state index in [2.05, 4.69) is 41.5 Å². The minimum Gasteiger partial charge on any atom is -0.379 e. The standard InChI is InChI=1S/C15H16FN3OS.C4H5NO.C3H8/c1-9-11-4-5-20-8-15(11,19-14(18)21-9)12-6-10(7-17)2-3-13(12)16;1-4-2-3-6-5-4;1-3-2/h2-3,6,9,11H,4-5,8H2,1H3,(H2,18,19);2-3H,1H3;3H2,1-2H3/t9-,11?,15?;;/m1../s1. The first-order chi connectivity index (χ1) is 14.4. The van der Waals surface area contributed by atoms with Gasteiger partial charge in [0.1, 0.15) is 17.6 Å². The Bertz CT molecular complexity index is 882. The van der Waals surface area contributed by atoms with E-state index >= 15 is 0 Å². The number of aliphatic imine (C=N–C) groups is 1. The summed E-state index contributed by atoms with van der Waals surface area (Å²) in [5, 5.41) is 13.3. The summed E-state index contributed by atoms with van der Waals surface area (Å²) in [7, 11) is 0. The summed E-state index contributed by atoms with van der Waals surface area (Å²) in [6.07, 6.45) is 3.61. The van der Waals surface area contributed by atoms with Crippen LogP contribution in [0.2, 0.25) is 0 Å². The molecule has 3 heterocycles. The fourth-order valence-corrected chi connectivity index (χ4v) is 4.68. The van der Waals surface area contributed by atoms with Gasteiger partial charge in [-0.15, -0.1) is 0 Å². The number of halogens is 1. The quantitative estimate of drug-likeness (QED) is 0.696. The molecule has 162 valence electrons. The van der Waals surface area contributed by atoms with Gasteiger partial charge in [0.05, 0.1) is 23.9 Å². The lowest BCUT2D eigenvalue weighted by Crippen LogP contribution is -2.50. The highest BCUT2D eigenvalue weighted by Gasteiger charge is 2.50. The Morgan fingerprint density at radius 1 is 1.37 bits per heavy atom. The molecule has 0 radical (unpaired) electrons. The number of aromatic nitrogens is 1. The van der Waals surface area contributed by atoms with Gasteiger partial charge in [0.15, 0.2) is 5.17 Å². The van der Waals surface area contributed by atoms with Gasteiger partial charge in [0.2, 0.25) is 0 Å². The molecule has 4 rings (SSSR count). The number of nitrogens with two attached hydrogens (primary N) is 1. The van der Waals surface area contributed by atoms with Gasteiger partial charge in [0, 0.05) is 29.4 Å². The van der Waals surface area contributed by atoms with Crippen LogP contribution >= 0.6 is 11.8 Å². The molecule has 0 spiro atoms. The molecule has 2 aliphatic rings. The molecule has 1 aromatic heterocycles. The smallest absolute Gasteiger partial charge is 0.155 e. The van der Waals surface area contributed by atoms with Crippen LogP contribution in [0.4, 0.5) is 4.39 Å². The van der Waals surface area contributed by atoms with Crippen LogP contribution in [0.3, 0.4) is 0 Å². The van der Waals surface area contributed by atoms with Crippen molar-refractivity contribution in [3.63, 3.8) is 0 Å². The second-order valence-electron chi connectivity index (χ2n) is 7.30. The number of amidine groups is 1. The predicted molar refractivity (Wildman–Crippen MR) is 118 cm³/mol. The number of rotatable bonds is 1. The van der Waals surface area contributed by atoms with Gasteiger partial charge >= 0.3 is 0 Å². The molecule has 1 fully saturated rings. The Morgan fingerprint density at radius 2 is 2.10 bits per heavy atom. The molecule has 2 N–H and O–H groups in total. The largest absolute Gasteiger partial charge is 0.379 e. The third-order valence-corrected chi connectivity index (χ3v) is 5.85. The summed E-state index contributed by atoms with van der Waals surface area (Å²) in [6.45, 7) is 9.16. The Balaban J connectivity index is 0.000000298. The Labute approximate surface area is 181 Å². The van der Waals surface area contributed by atoms with Crippen LogP contribution in [0, 0.1) is 30.0 Å². The van der Waals surface area contributed by atoms with Gasteiger partial charge < -0.3 is 15.0 Å². The average molecular weight is 433 g/mol.